The maximum absolute atomic E-state index is 12.0. The number of carbonyl (C=O) groups is 1. The second-order valence-corrected chi connectivity index (χ2v) is 8.78. The SMILES string of the molecule is Cc1ccccc1N=c1scc(-c2cc3ccccc3o2)n1CCCN1CCCC1=O. The molecule has 1 fully saturated rings. The number of hydrogen-bond acceptors (Lipinski definition) is 4. The zero-order valence-corrected chi connectivity index (χ0v) is 18.4. The number of benzene rings is 2. The van der Waals surface area contributed by atoms with Crippen LogP contribution in [0.2, 0.25) is 0 Å². The highest BCUT2D eigenvalue weighted by atomic mass is 32.1. The molecule has 5 nitrogen and oxygen atoms in total. The van der Waals surface area contributed by atoms with Crippen molar-refractivity contribution in [2.24, 2.45) is 4.99 Å². The van der Waals surface area contributed by atoms with Crippen LogP contribution < -0.4 is 4.80 Å². The Hall–Kier alpha value is -3.12. The first-order chi connectivity index (χ1) is 15.2. The number of likely N-dealkylation sites (tertiary alicyclic amines) is 1. The summed E-state index contributed by atoms with van der Waals surface area (Å²) < 4.78 is 8.39. The molecule has 1 saturated heterocycles. The summed E-state index contributed by atoms with van der Waals surface area (Å²) in [5, 5.41) is 3.21. The van der Waals surface area contributed by atoms with Crippen molar-refractivity contribution in [3.63, 3.8) is 0 Å². The highest BCUT2D eigenvalue weighted by Crippen LogP contribution is 2.29. The van der Waals surface area contributed by atoms with Gasteiger partial charge in [0, 0.05) is 36.8 Å². The summed E-state index contributed by atoms with van der Waals surface area (Å²) in [4.78, 5) is 19.9. The van der Waals surface area contributed by atoms with Crippen LogP contribution in [0.5, 0.6) is 0 Å². The van der Waals surface area contributed by atoms with E-state index in [0.717, 1.165) is 71.0 Å². The number of aryl methyl sites for hydroxylation is 1. The number of amides is 1. The van der Waals surface area contributed by atoms with Crippen molar-refractivity contribution >= 4 is 33.9 Å². The summed E-state index contributed by atoms with van der Waals surface area (Å²) in [7, 11) is 0. The van der Waals surface area contributed by atoms with Crippen LogP contribution in [0, 0.1) is 6.92 Å². The summed E-state index contributed by atoms with van der Waals surface area (Å²) in [6.07, 6.45) is 2.54. The molecule has 158 valence electrons. The number of hydrogen-bond donors (Lipinski definition) is 0. The molecule has 31 heavy (non-hydrogen) atoms. The van der Waals surface area contributed by atoms with Crippen molar-refractivity contribution in [2.75, 3.05) is 13.1 Å². The fourth-order valence-electron chi connectivity index (χ4n) is 4.09. The average Bonchev–Trinajstić information content (AvgIpc) is 3.48. The van der Waals surface area contributed by atoms with Crippen LogP contribution in [0.4, 0.5) is 5.69 Å². The van der Waals surface area contributed by atoms with E-state index in [0.29, 0.717) is 6.42 Å². The van der Waals surface area contributed by atoms with Gasteiger partial charge in [-0.25, -0.2) is 4.99 Å². The lowest BCUT2D eigenvalue weighted by Gasteiger charge is -2.16. The predicted octanol–water partition coefficient (Wildman–Crippen LogP) is 5.52. The Bertz CT molecular complexity index is 1260. The summed E-state index contributed by atoms with van der Waals surface area (Å²) in [5.74, 6) is 1.12. The first-order valence-corrected chi connectivity index (χ1v) is 11.6. The largest absolute Gasteiger partial charge is 0.454 e. The highest BCUT2D eigenvalue weighted by molar-refractivity contribution is 7.07. The van der Waals surface area contributed by atoms with Crippen LogP contribution in [0.1, 0.15) is 24.8 Å². The van der Waals surface area contributed by atoms with E-state index in [1.165, 1.54) is 0 Å². The monoisotopic (exact) mass is 431 g/mol. The van der Waals surface area contributed by atoms with Crippen molar-refractivity contribution in [3.8, 4) is 11.5 Å². The molecule has 1 aliphatic rings. The Labute approximate surface area is 185 Å². The molecule has 0 aliphatic carbocycles. The summed E-state index contributed by atoms with van der Waals surface area (Å²) >= 11 is 1.62. The van der Waals surface area contributed by atoms with Gasteiger partial charge in [0.15, 0.2) is 10.6 Å². The molecule has 5 rings (SSSR count). The van der Waals surface area contributed by atoms with Crippen LogP contribution in [0.3, 0.4) is 0 Å². The van der Waals surface area contributed by atoms with E-state index in [2.05, 4.69) is 35.1 Å². The van der Waals surface area contributed by atoms with Crippen LogP contribution >= 0.6 is 11.3 Å². The van der Waals surface area contributed by atoms with Gasteiger partial charge in [-0.3, -0.25) is 4.79 Å². The van der Waals surface area contributed by atoms with E-state index in [9.17, 15) is 4.79 Å². The summed E-state index contributed by atoms with van der Waals surface area (Å²) in [6, 6.07) is 18.3. The van der Waals surface area contributed by atoms with Crippen LogP contribution in [0.15, 0.2) is 69.4 Å². The van der Waals surface area contributed by atoms with Gasteiger partial charge in [0.1, 0.15) is 5.58 Å². The van der Waals surface area contributed by atoms with Gasteiger partial charge in [-0.1, -0.05) is 36.4 Å². The van der Waals surface area contributed by atoms with Crippen molar-refractivity contribution in [2.45, 2.75) is 32.7 Å². The Kier molecular flexibility index (Phi) is 5.47. The van der Waals surface area contributed by atoms with E-state index >= 15 is 0 Å². The third-order valence-electron chi connectivity index (χ3n) is 5.79. The minimum Gasteiger partial charge on any atom is -0.454 e. The van der Waals surface area contributed by atoms with E-state index in [-0.39, 0.29) is 5.91 Å². The lowest BCUT2D eigenvalue weighted by atomic mass is 10.2. The number of nitrogens with zero attached hydrogens (tertiary/aromatic N) is 3. The summed E-state index contributed by atoms with van der Waals surface area (Å²) in [5.41, 5.74) is 4.04. The number of aromatic nitrogens is 1. The molecule has 4 aromatic rings. The Morgan fingerprint density at radius 3 is 2.74 bits per heavy atom. The molecule has 0 radical (unpaired) electrons. The number of rotatable bonds is 6. The van der Waals surface area contributed by atoms with E-state index in [1.54, 1.807) is 11.3 Å². The minimum atomic E-state index is 0.276. The molecule has 6 heteroatoms. The fraction of sp³-hybridized carbons (Fsp3) is 0.280. The van der Waals surface area contributed by atoms with Gasteiger partial charge < -0.3 is 13.9 Å². The van der Waals surface area contributed by atoms with Crippen LogP contribution in [-0.2, 0) is 11.3 Å². The molecule has 0 N–H and O–H groups in total. The first kappa shape index (κ1) is 19.8. The lowest BCUT2D eigenvalue weighted by Crippen LogP contribution is -2.27. The lowest BCUT2D eigenvalue weighted by molar-refractivity contribution is -0.127. The molecule has 3 heterocycles. The number of fused-ring (bicyclic) bond motifs is 1. The normalized spacial score (nSPS) is 14.8. The second kappa shape index (κ2) is 8.55. The smallest absolute Gasteiger partial charge is 0.222 e. The van der Waals surface area contributed by atoms with Crippen molar-refractivity contribution in [3.05, 3.63) is 70.3 Å². The van der Waals surface area contributed by atoms with Gasteiger partial charge in [0.05, 0.1) is 11.4 Å². The molecule has 2 aromatic heterocycles. The molecule has 0 saturated carbocycles. The number of carbonyl (C=O) groups excluding carboxylic acids is 1. The zero-order chi connectivity index (χ0) is 21.2. The maximum atomic E-state index is 12.0. The molecule has 0 bridgehead atoms. The Balaban J connectivity index is 1.52. The van der Waals surface area contributed by atoms with E-state index in [1.807, 2.05) is 41.3 Å². The van der Waals surface area contributed by atoms with E-state index in [4.69, 9.17) is 9.41 Å². The first-order valence-electron chi connectivity index (χ1n) is 10.7. The quantitative estimate of drug-likeness (QED) is 0.404. The predicted molar refractivity (Wildman–Crippen MR) is 124 cm³/mol. The van der Waals surface area contributed by atoms with E-state index < -0.39 is 0 Å². The van der Waals surface area contributed by atoms with Crippen LogP contribution in [-0.4, -0.2) is 28.5 Å². The van der Waals surface area contributed by atoms with Crippen molar-refractivity contribution in [1.82, 2.24) is 9.47 Å². The average molecular weight is 432 g/mol. The van der Waals surface area contributed by atoms with Gasteiger partial charge in [-0.05, 0) is 43.5 Å². The fourth-order valence-corrected chi connectivity index (χ4v) is 5.02. The topological polar surface area (TPSA) is 50.7 Å². The summed E-state index contributed by atoms with van der Waals surface area (Å²) in [6.45, 7) is 4.52. The third-order valence-corrected chi connectivity index (χ3v) is 6.65. The van der Waals surface area contributed by atoms with Gasteiger partial charge >= 0.3 is 0 Å². The maximum Gasteiger partial charge on any atom is 0.222 e. The number of thiazole rings is 1. The molecule has 0 unspecified atom stereocenters. The number of furan rings is 1. The molecule has 0 spiro atoms. The standard InChI is InChI=1S/C25H25N3O2S/c1-18-8-2-4-10-20(18)26-25-28(15-7-14-27-13-6-12-24(27)29)21(17-31-25)23-16-19-9-3-5-11-22(19)30-23/h2-5,8-11,16-17H,6-7,12-15H2,1H3. The zero-order valence-electron chi connectivity index (χ0n) is 17.6. The highest BCUT2D eigenvalue weighted by Gasteiger charge is 2.20. The Morgan fingerprint density at radius 2 is 1.94 bits per heavy atom. The molecule has 1 aliphatic heterocycles. The molecular formula is C25H25N3O2S. The molecule has 1 amide bonds. The third kappa shape index (κ3) is 4.08. The minimum absolute atomic E-state index is 0.276. The molecule has 0 atom stereocenters. The van der Waals surface area contributed by atoms with Gasteiger partial charge in [0.25, 0.3) is 0 Å². The second-order valence-electron chi connectivity index (χ2n) is 7.94. The van der Waals surface area contributed by atoms with Crippen molar-refractivity contribution < 1.29 is 9.21 Å². The molecule has 2 aromatic carbocycles. The number of para-hydroxylation sites is 2. The van der Waals surface area contributed by atoms with Crippen LogP contribution in [0.25, 0.3) is 22.4 Å². The van der Waals surface area contributed by atoms with Gasteiger partial charge in [0.2, 0.25) is 5.91 Å². The van der Waals surface area contributed by atoms with Gasteiger partial charge in [-0.15, -0.1) is 11.3 Å². The van der Waals surface area contributed by atoms with Crippen molar-refractivity contribution in [1.29, 1.82) is 0 Å². The molecular weight excluding hydrogens is 406 g/mol. The van der Waals surface area contributed by atoms with Gasteiger partial charge in [-0.2, -0.15) is 0 Å². The Morgan fingerprint density at radius 1 is 1.10 bits per heavy atom.